The molecule has 2 aliphatic heterocycles. The number of benzene rings is 1. The van der Waals surface area contributed by atoms with Crippen LogP contribution in [0.5, 0.6) is 5.75 Å². The predicted octanol–water partition coefficient (Wildman–Crippen LogP) is 2.97. The van der Waals surface area contributed by atoms with Crippen LogP contribution in [0.15, 0.2) is 18.2 Å². The largest absolute Gasteiger partial charge is 0.490 e. The van der Waals surface area contributed by atoms with Crippen molar-refractivity contribution in [2.45, 2.75) is 31.0 Å². The Labute approximate surface area is 127 Å². The van der Waals surface area contributed by atoms with Gasteiger partial charge in [0.05, 0.1) is 23.7 Å². The van der Waals surface area contributed by atoms with E-state index < -0.39 is 4.92 Å². The Morgan fingerprint density at radius 3 is 2.95 bits per heavy atom. The molecule has 0 aliphatic carbocycles. The molecule has 1 aromatic rings. The minimum atomic E-state index is -0.509. The lowest BCUT2D eigenvalue weighted by Gasteiger charge is -2.37. The fraction of sp³-hybridized carbons (Fsp3) is 0.571. The van der Waals surface area contributed by atoms with Crippen LogP contribution in [-0.2, 0) is 9.47 Å². The molecule has 1 spiro atoms. The van der Waals surface area contributed by atoms with E-state index in [1.807, 2.05) is 0 Å². The number of ether oxygens (including phenoxy) is 3. The molecule has 2 saturated heterocycles. The van der Waals surface area contributed by atoms with Gasteiger partial charge < -0.3 is 14.2 Å². The van der Waals surface area contributed by atoms with Gasteiger partial charge in [-0.1, -0.05) is 11.6 Å². The SMILES string of the molecule is O=[N+]([O-])c1ccc(OC2CCOC3(CCOC3)C2)cc1Cl. The number of hydrogen-bond acceptors (Lipinski definition) is 5. The Morgan fingerprint density at radius 1 is 1.43 bits per heavy atom. The molecule has 0 N–H and O–H groups in total. The van der Waals surface area contributed by atoms with Crippen molar-refractivity contribution in [3.8, 4) is 5.75 Å². The van der Waals surface area contributed by atoms with E-state index in [0.717, 1.165) is 25.9 Å². The highest BCUT2D eigenvalue weighted by Gasteiger charge is 2.41. The Balaban J connectivity index is 1.68. The van der Waals surface area contributed by atoms with Gasteiger partial charge in [0.25, 0.3) is 5.69 Å². The summed E-state index contributed by atoms with van der Waals surface area (Å²) in [4.78, 5) is 10.2. The summed E-state index contributed by atoms with van der Waals surface area (Å²) in [6.45, 7) is 1.96. The molecule has 7 heteroatoms. The van der Waals surface area contributed by atoms with Gasteiger partial charge in [-0.2, -0.15) is 0 Å². The lowest BCUT2D eigenvalue weighted by molar-refractivity contribution is -0.384. The zero-order valence-corrected chi connectivity index (χ0v) is 12.2. The van der Waals surface area contributed by atoms with Gasteiger partial charge in [-0.25, -0.2) is 0 Å². The second-order valence-electron chi connectivity index (χ2n) is 5.44. The predicted molar refractivity (Wildman–Crippen MR) is 75.9 cm³/mol. The highest BCUT2D eigenvalue weighted by molar-refractivity contribution is 6.32. The monoisotopic (exact) mass is 313 g/mol. The average Bonchev–Trinajstić information content (AvgIpc) is 2.86. The van der Waals surface area contributed by atoms with Gasteiger partial charge in [-0.15, -0.1) is 0 Å². The number of rotatable bonds is 3. The molecule has 114 valence electrons. The summed E-state index contributed by atoms with van der Waals surface area (Å²) < 4.78 is 17.2. The van der Waals surface area contributed by atoms with E-state index in [2.05, 4.69) is 0 Å². The zero-order chi connectivity index (χ0) is 14.9. The lowest BCUT2D eigenvalue weighted by atomic mass is 9.91. The van der Waals surface area contributed by atoms with Crippen LogP contribution in [0.3, 0.4) is 0 Å². The first-order valence-electron chi connectivity index (χ1n) is 6.90. The molecule has 1 aromatic carbocycles. The summed E-state index contributed by atoms with van der Waals surface area (Å²) >= 11 is 5.90. The van der Waals surface area contributed by atoms with E-state index in [0.29, 0.717) is 19.0 Å². The molecule has 0 radical (unpaired) electrons. The van der Waals surface area contributed by atoms with Crippen molar-refractivity contribution in [3.63, 3.8) is 0 Å². The molecule has 2 heterocycles. The van der Waals surface area contributed by atoms with Crippen molar-refractivity contribution in [3.05, 3.63) is 33.3 Å². The van der Waals surface area contributed by atoms with Crippen LogP contribution < -0.4 is 4.74 Å². The summed E-state index contributed by atoms with van der Waals surface area (Å²) in [7, 11) is 0. The van der Waals surface area contributed by atoms with Crippen molar-refractivity contribution in [1.82, 2.24) is 0 Å². The smallest absolute Gasteiger partial charge is 0.288 e. The molecule has 2 fully saturated rings. The molecule has 0 amide bonds. The van der Waals surface area contributed by atoms with Crippen LogP contribution in [0.2, 0.25) is 5.02 Å². The molecular formula is C14H16ClNO5. The third-order valence-electron chi connectivity index (χ3n) is 3.93. The Hall–Kier alpha value is -1.37. The Morgan fingerprint density at radius 2 is 2.29 bits per heavy atom. The third-order valence-corrected chi connectivity index (χ3v) is 4.24. The molecule has 6 nitrogen and oxygen atoms in total. The van der Waals surface area contributed by atoms with Crippen LogP contribution in [0.1, 0.15) is 19.3 Å². The molecular weight excluding hydrogens is 298 g/mol. The number of nitro benzene ring substituents is 1. The van der Waals surface area contributed by atoms with Gasteiger partial charge in [0, 0.05) is 38.0 Å². The van der Waals surface area contributed by atoms with Gasteiger partial charge >= 0.3 is 0 Å². The first-order valence-corrected chi connectivity index (χ1v) is 7.28. The first kappa shape index (κ1) is 14.6. The molecule has 2 aliphatic rings. The van der Waals surface area contributed by atoms with Crippen LogP contribution in [0, 0.1) is 10.1 Å². The second-order valence-corrected chi connectivity index (χ2v) is 5.84. The zero-order valence-electron chi connectivity index (χ0n) is 11.4. The summed E-state index contributed by atoms with van der Waals surface area (Å²) in [6.07, 6.45) is 2.45. The van der Waals surface area contributed by atoms with E-state index in [1.165, 1.54) is 12.1 Å². The van der Waals surface area contributed by atoms with E-state index in [-0.39, 0.29) is 22.4 Å². The Kier molecular flexibility index (Phi) is 4.01. The van der Waals surface area contributed by atoms with Gasteiger partial charge in [0.2, 0.25) is 0 Å². The van der Waals surface area contributed by atoms with Crippen molar-refractivity contribution in [2.75, 3.05) is 19.8 Å². The van der Waals surface area contributed by atoms with E-state index >= 15 is 0 Å². The maximum atomic E-state index is 10.7. The number of halogens is 1. The maximum Gasteiger partial charge on any atom is 0.288 e. The summed E-state index contributed by atoms with van der Waals surface area (Å²) in [5, 5.41) is 10.8. The van der Waals surface area contributed by atoms with Crippen LogP contribution in [0.25, 0.3) is 0 Å². The average molecular weight is 314 g/mol. The quantitative estimate of drug-likeness (QED) is 0.633. The fourth-order valence-electron chi connectivity index (χ4n) is 2.85. The number of hydrogen-bond donors (Lipinski definition) is 0. The molecule has 3 rings (SSSR count). The van der Waals surface area contributed by atoms with Crippen molar-refractivity contribution < 1.29 is 19.1 Å². The highest BCUT2D eigenvalue weighted by Crippen LogP contribution is 2.35. The topological polar surface area (TPSA) is 70.8 Å². The number of nitrogens with zero attached hydrogens (tertiary/aromatic N) is 1. The number of nitro groups is 1. The van der Waals surface area contributed by atoms with Gasteiger partial charge in [-0.3, -0.25) is 10.1 Å². The second kappa shape index (κ2) is 5.79. The molecule has 2 unspecified atom stereocenters. The Bertz CT molecular complexity index is 544. The van der Waals surface area contributed by atoms with Crippen LogP contribution >= 0.6 is 11.6 Å². The fourth-order valence-corrected chi connectivity index (χ4v) is 3.09. The summed E-state index contributed by atoms with van der Waals surface area (Å²) in [6, 6.07) is 4.44. The third kappa shape index (κ3) is 3.12. The maximum absolute atomic E-state index is 10.7. The van der Waals surface area contributed by atoms with Crippen molar-refractivity contribution in [1.29, 1.82) is 0 Å². The van der Waals surface area contributed by atoms with Crippen LogP contribution in [-0.4, -0.2) is 36.4 Å². The lowest BCUT2D eigenvalue weighted by Crippen LogP contribution is -2.44. The van der Waals surface area contributed by atoms with E-state index in [4.69, 9.17) is 25.8 Å². The van der Waals surface area contributed by atoms with E-state index in [1.54, 1.807) is 6.07 Å². The van der Waals surface area contributed by atoms with Gasteiger partial charge in [-0.05, 0) is 6.07 Å². The van der Waals surface area contributed by atoms with Crippen molar-refractivity contribution >= 4 is 17.3 Å². The standard InChI is InChI=1S/C14H16ClNO5/c15-12-7-10(1-2-13(12)16(17)18)21-11-3-5-20-14(8-11)4-6-19-9-14/h1-2,7,11H,3-6,8-9H2. The normalized spacial score (nSPS) is 28.7. The molecule has 0 aromatic heterocycles. The molecule has 21 heavy (non-hydrogen) atoms. The minimum Gasteiger partial charge on any atom is -0.490 e. The highest BCUT2D eigenvalue weighted by atomic mass is 35.5. The van der Waals surface area contributed by atoms with Crippen LogP contribution in [0.4, 0.5) is 5.69 Å². The van der Waals surface area contributed by atoms with Crippen molar-refractivity contribution in [2.24, 2.45) is 0 Å². The van der Waals surface area contributed by atoms with Gasteiger partial charge in [0.1, 0.15) is 16.9 Å². The minimum absolute atomic E-state index is 0.0120. The summed E-state index contributed by atoms with van der Waals surface area (Å²) in [5.74, 6) is 0.548. The molecule has 2 atom stereocenters. The molecule has 0 saturated carbocycles. The molecule has 0 bridgehead atoms. The first-order chi connectivity index (χ1) is 10.1. The van der Waals surface area contributed by atoms with Gasteiger partial charge in [0.15, 0.2) is 0 Å². The summed E-state index contributed by atoms with van der Waals surface area (Å²) in [5.41, 5.74) is -0.343. The van der Waals surface area contributed by atoms with E-state index in [9.17, 15) is 10.1 Å².